The SMILES string of the molecule is CCC1C(=O)NC(C(C)(C)C)C(=O)N1C(C)COC. The molecule has 0 saturated carbocycles. The van der Waals surface area contributed by atoms with Gasteiger partial charge in [0.1, 0.15) is 12.1 Å². The molecule has 110 valence electrons. The van der Waals surface area contributed by atoms with Gasteiger partial charge in [-0.1, -0.05) is 27.7 Å². The molecule has 1 rings (SSSR count). The Morgan fingerprint density at radius 2 is 1.95 bits per heavy atom. The summed E-state index contributed by atoms with van der Waals surface area (Å²) in [7, 11) is 1.60. The number of ether oxygens (including phenoxy) is 1. The zero-order chi connectivity index (χ0) is 14.8. The molecule has 19 heavy (non-hydrogen) atoms. The van der Waals surface area contributed by atoms with E-state index in [2.05, 4.69) is 5.32 Å². The predicted octanol–water partition coefficient (Wildman–Crippen LogP) is 1.17. The molecule has 0 aliphatic carbocycles. The van der Waals surface area contributed by atoms with E-state index in [-0.39, 0.29) is 23.3 Å². The molecule has 3 atom stereocenters. The summed E-state index contributed by atoms with van der Waals surface area (Å²) in [5.74, 6) is -0.0755. The van der Waals surface area contributed by atoms with E-state index in [4.69, 9.17) is 4.74 Å². The molecular formula is C14H26N2O3. The van der Waals surface area contributed by atoms with E-state index in [1.807, 2.05) is 34.6 Å². The molecule has 5 heteroatoms. The first-order valence-corrected chi connectivity index (χ1v) is 6.85. The van der Waals surface area contributed by atoms with Crippen molar-refractivity contribution in [2.24, 2.45) is 5.41 Å². The minimum Gasteiger partial charge on any atom is -0.383 e. The first-order valence-electron chi connectivity index (χ1n) is 6.85. The Hall–Kier alpha value is -1.10. The van der Waals surface area contributed by atoms with E-state index >= 15 is 0 Å². The van der Waals surface area contributed by atoms with Crippen LogP contribution < -0.4 is 5.32 Å². The van der Waals surface area contributed by atoms with Crippen molar-refractivity contribution in [3.63, 3.8) is 0 Å². The Labute approximate surface area is 115 Å². The third-order valence-electron chi connectivity index (χ3n) is 3.56. The van der Waals surface area contributed by atoms with Crippen molar-refractivity contribution >= 4 is 11.8 Å². The average Bonchev–Trinajstić information content (AvgIpc) is 2.29. The van der Waals surface area contributed by atoms with Crippen LogP contribution in [0.4, 0.5) is 0 Å². The Kier molecular flexibility index (Phi) is 4.96. The molecule has 5 nitrogen and oxygen atoms in total. The van der Waals surface area contributed by atoms with E-state index < -0.39 is 12.1 Å². The number of amides is 2. The van der Waals surface area contributed by atoms with Crippen LogP contribution in [0.3, 0.4) is 0 Å². The van der Waals surface area contributed by atoms with Crippen LogP contribution in [0.2, 0.25) is 0 Å². The molecule has 1 fully saturated rings. The van der Waals surface area contributed by atoms with Crippen LogP contribution in [-0.2, 0) is 14.3 Å². The van der Waals surface area contributed by atoms with Crippen LogP contribution in [0.1, 0.15) is 41.0 Å². The molecule has 3 unspecified atom stereocenters. The number of nitrogens with one attached hydrogen (secondary N) is 1. The maximum Gasteiger partial charge on any atom is 0.246 e. The monoisotopic (exact) mass is 270 g/mol. The topological polar surface area (TPSA) is 58.6 Å². The third kappa shape index (κ3) is 3.26. The molecular weight excluding hydrogens is 244 g/mol. The van der Waals surface area contributed by atoms with Crippen molar-refractivity contribution in [1.82, 2.24) is 10.2 Å². The standard InChI is InChI=1S/C14H26N2O3/c1-7-10-12(17)15-11(14(3,4)5)13(18)16(10)9(2)8-19-6/h9-11H,7-8H2,1-6H3,(H,15,17). The summed E-state index contributed by atoms with van der Waals surface area (Å²) in [5.41, 5.74) is -0.295. The molecule has 0 radical (unpaired) electrons. The van der Waals surface area contributed by atoms with Gasteiger partial charge in [0.05, 0.1) is 12.6 Å². The lowest BCUT2D eigenvalue weighted by Gasteiger charge is -2.45. The van der Waals surface area contributed by atoms with Gasteiger partial charge < -0.3 is 15.0 Å². The van der Waals surface area contributed by atoms with Gasteiger partial charge in [-0.15, -0.1) is 0 Å². The van der Waals surface area contributed by atoms with Gasteiger partial charge in [0.25, 0.3) is 0 Å². The van der Waals surface area contributed by atoms with Gasteiger partial charge in [0.2, 0.25) is 11.8 Å². The highest BCUT2D eigenvalue weighted by Crippen LogP contribution is 2.27. The van der Waals surface area contributed by atoms with Crippen molar-refractivity contribution < 1.29 is 14.3 Å². The number of methoxy groups -OCH3 is 1. The van der Waals surface area contributed by atoms with Gasteiger partial charge in [0, 0.05) is 7.11 Å². The molecule has 1 aliphatic rings. The van der Waals surface area contributed by atoms with Gasteiger partial charge >= 0.3 is 0 Å². The smallest absolute Gasteiger partial charge is 0.246 e. The van der Waals surface area contributed by atoms with Crippen molar-refractivity contribution in [1.29, 1.82) is 0 Å². The fourth-order valence-electron chi connectivity index (χ4n) is 2.54. The molecule has 2 amide bonds. The fraction of sp³-hybridized carbons (Fsp3) is 0.857. The minimum atomic E-state index is -0.470. The Morgan fingerprint density at radius 3 is 2.37 bits per heavy atom. The lowest BCUT2D eigenvalue weighted by Crippen LogP contribution is -2.68. The first kappa shape index (κ1) is 16.0. The second kappa shape index (κ2) is 5.90. The Bertz CT molecular complexity index is 349. The molecule has 1 aliphatic heterocycles. The summed E-state index contributed by atoms with van der Waals surface area (Å²) in [4.78, 5) is 26.6. The zero-order valence-electron chi connectivity index (χ0n) is 12.8. The highest BCUT2D eigenvalue weighted by atomic mass is 16.5. The first-order chi connectivity index (χ1) is 8.73. The van der Waals surface area contributed by atoms with E-state index in [1.54, 1.807) is 12.0 Å². The summed E-state index contributed by atoms with van der Waals surface area (Å²) in [6.45, 7) is 10.2. The molecule has 1 heterocycles. The van der Waals surface area contributed by atoms with E-state index in [9.17, 15) is 9.59 Å². The van der Waals surface area contributed by atoms with Gasteiger partial charge in [-0.2, -0.15) is 0 Å². The summed E-state index contributed by atoms with van der Waals surface area (Å²) >= 11 is 0. The number of nitrogens with zero attached hydrogens (tertiary/aromatic N) is 1. The molecule has 0 bridgehead atoms. The normalized spacial score (nSPS) is 26.3. The van der Waals surface area contributed by atoms with Crippen molar-refractivity contribution in [3.8, 4) is 0 Å². The number of hydrogen-bond donors (Lipinski definition) is 1. The molecule has 0 spiro atoms. The van der Waals surface area contributed by atoms with Crippen LogP contribution in [0.5, 0.6) is 0 Å². The highest BCUT2D eigenvalue weighted by molar-refractivity contribution is 5.97. The number of carbonyl (C=O) groups excluding carboxylic acids is 2. The average molecular weight is 270 g/mol. The fourth-order valence-corrected chi connectivity index (χ4v) is 2.54. The van der Waals surface area contributed by atoms with E-state index in [0.29, 0.717) is 13.0 Å². The number of piperazine rings is 1. The van der Waals surface area contributed by atoms with Crippen LogP contribution in [-0.4, -0.2) is 48.6 Å². The van der Waals surface area contributed by atoms with Crippen LogP contribution in [0, 0.1) is 5.41 Å². The maximum absolute atomic E-state index is 12.7. The van der Waals surface area contributed by atoms with Crippen LogP contribution in [0.15, 0.2) is 0 Å². The number of carbonyl (C=O) groups is 2. The summed E-state index contributed by atoms with van der Waals surface area (Å²) in [5, 5.41) is 2.86. The van der Waals surface area contributed by atoms with Crippen molar-refractivity contribution in [2.75, 3.05) is 13.7 Å². The summed E-state index contributed by atoms with van der Waals surface area (Å²) in [6, 6.07) is -0.961. The van der Waals surface area contributed by atoms with Gasteiger partial charge in [-0.3, -0.25) is 9.59 Å². The van der Waals surface area contributed by atoms with Gasteiger partial charge in [0.15, 0.2) is 0 Å². The third-order valence-corrected chi connectivity index (χ3v) is 3.56. The molecule has 0 aromatic carbocycles. The van der Waals surface area contributed by atoms with Gasteiger partial charge in [-0.25, -0.2) is 0 Å². The quantitative estimate of drug-likeness (QED) is 0.834. The molecule has 1 N–H and O–H groups in total. The maximum atomic E-state index is 12.7. The van der Waals surface area contributed by atoms with Crippen LogP contribution >= 0.6 is 0 Å². The highest BCUT2D eigenvalue weighted by Gasteiger charge is 2.45. The van der Waals surface area contributed by atoms with Crippen molar-refractivity contribution in [2.45, 2.75) is 59.2 Å². The molecule has 0 aromatic heterocycles. The number of hydrogen-bond acceptors (Lipinski definition) is 3. The van der Waals surface area contributed by atoms with Crippen LogP contribution in [0.25, 0.3) is 0 Å². The second-order valence-corrected chi connectivity index (χ2v) is 6.28. The lowest BCUT2D eigenvalue weighted by molar-refractivity contribution is -0.156. The van der Waals surface area contributed by atoms with Gasteiger partial charge in [-0.05, 0) is 18.8 Å². The Morgan fingerprint density at radius 1 is 1.37 bits per heavy atom. The van der Waals surface area contributed by atoms with E-state index in [1.165, 1.54) is 0 Å². The summed E-state index contributed by atoms with van der Waals surface area (Å²) < 4.78 is 5.13. The lowest BCUT2D eigenvalue weighted by atomic mass is 9.83. The zero-order valence-corrected chi connectivity index (χ0v) is 12.8. The minimum absolute atomic E-state index is 0.0106. The predicted molar refractivity (Wildman–Crippen MR) is 73.6 cm³/mol. The van der Waals surface area contributed by atoms with Crippen molar-refractivity contribution in [3.05, 3.63) is 0 Å². The molecule has 0 aromatic rings. The summed E-state index contributed by atoms with van der Waals surface area (Å²) in [6.07, 6.45) is 0.614. The van der Waals surface area contributed by atoms with E-state index in [0.717, 1.165) is 0 Å². The largest absolute Gasteiger partial charge is 0.383 e. The Balaban J connectivity index is 3.06. The second-order valence-electron chi connectivity index (χ2n) is 6.28. The number of rotatable bonds is 4. The molecule has 1 saturated heterocycles.